The van der Waals surface area contributed by atoms with Crippen LogP contribution >= 0.6 is 11.3 Å². The highest BCUT2D eigenvalue weighted by Gasteiger charge is 2.27. The molecule has 26 heavy (non-hydrogen) atoms. The maximum absolute atomic E-state index is 12.5. The minimum Gasteiger partial charge on any atom is -0.381 e. The number of amides is 1. The quantitative estimate of drug-likeness (QED) is 0.844. The normalized spacial score (nSPS) is 21.5. The lowest BCUT2D eigenvalue weighted by Crippen LogP contribution is -2.40. The van der Waals surface area contributed by atoms with Gasteiger partial charge in [-0.3, -0.25) is 14.4 Å². The summed E-state index contributed by atoms with van der Waals surface area (Å²) in [5.74, 6) is 0.676. The van der Waals surface area contributed by atoms with Crippen LogP contribution in [0.5, 0.6) is 0 Å². The van der Waals surface area contributed by atoms with E-state index in [0.29, 0.717) is 12.3 Å². The number of hydrogen-bond donors (Lipinski definition) is 1. The molecule has 2 aromatic rings. The molecule has 0 bridgehead atoms. The molecule has 2 aliphatic rings. The summed E-state index contributed by atoms with van der Waals surface area (Å²) >= 11 is 1.79. The van der Waals surface area contributed by atoms with Crippen LogP contribution in [0.15, 0.2) is 29.8 Å². The van der Waals surface area contributed by atoms with Gasteiger partial charge in [-0.2, -0.15) is 5.10 Å². The van der Waals surface area contributed by atoms with Gasteiger partial charge in [-0.1, -0.05) is 6.07 Å². The van der Waals surface area contributed by atoms with Gasteiger partial charge in [-0.15, -0.1) is 11.3 Å². The van der Waals surface area contributed by atoms with Crippen molar-refractivity contribution in [3.63, 3.8) is 0 Å². The molecule has 2 aliphatic heterocycles. The highest BCUT2D eigenvalue weighted by atomic mass is 32.1. The van der Waals surface area contributed by atoms with E-state index in [1.54, 1.807) is 11.3 Å². The Morgan fingerprint density at radius 1 is 1.35 bits per heavy atom. The smallest absolute Gasteiger partial charge is 0.222 e. The largest absolute Gasteiger partial charge is 0.381 e. The number of ether oxygens (including phenoxy) is 1. The van der Waals surface area contributed by atoms with Crippen molar-refractivity contribution < 1.29 is 9.53 Å². The van der Waals surface area contributed by atoms with Gasteiger partial charge in [-0.25, -0.2) is 0 Å². The molecule has 6 nitrogen and oxygen atoms in total. The zero-order valence-electron chi connectivity index (χ0n) is 15.0. The van der Waals surface area contributed by atoms with Crippen LogP contribution < -0.4 is 5.32 Å². The highest BCUT2D eigenvalue weighted by Crippen LogP contribution is 2.25. The van der Waals surface area contributed by atoms with Gasteiger partial charge >= 0.3 is 0 Å². The molecule has 0 aliphatic carbocycles. The Labute approximate surface area is 158 Å². The van der Waals surface area contributed by atoms with Crippen molar-refractivity contribution in [3.05, 3.63) is 40.3 Å². The summed E-state index contributed by atoms with van der Waals surface area (Å²) in [7, 11) is 0. The molecular weight excluding hydrogens is 348 g/mol. The van der Waals surface area contributed by atoms with E-state index < -0.39 is 0 Å². The van der Waals surface area contributed by atoms with Crippen LogP contribution in [0.25, 0.3) is 0 Å². The molecule has 1 N–H and O–H groups in total. The standard InChI is InChI=1S/C19H26N4O2S/c24-19(20-11-15-4-7-25-8-5-15)10-17-13-22(14-18-2-1-9-26-18)12-16-3-6-21-23(16)17/h1-3,6,9,15,17H,4-5,7-8,10-14H2,(H,20,24)/t17-/m1/s1. The molecular formula is C19H26N4O2S. The topological polar surface area (TPSA) is 59.4 Å². The van der Waals surface area contributed by atoms with Crippen molar-refractivity contribution >= 4 is 17.2 Å². The number of rotatable bonds is 6. The Balaban J connectivity index is 1.34. The van der Waals surface area contributed by atoms with Crippen LogP contribution in [0.4, 0.5) is 0 Å². The number of carbonyl (C=O) groups excluding carboxylic acids is 1. The summed E-state index contributed by atoms with van der Waals surface area (Å²) in [5, 5.41) is 9.72. The number of thiophene rings is 1. The monoisotopic (exact) mass is 374 g/mol. The lowest BCUT2D eigenvalue weighted by atomic mass is 10.0. The van der Waals surface area contributed by atoms with Gasteiger partial charge in [0, 0.05) is 50.5 Å². The molecule has 1 saturated heterocycles. The summed E-state index contributed by atoms with van der Waals surface area (Å²) in [4.78, 5) is 16.3. The van der Waals surface area contributed by atoms with Crippen LogP contribution in [-0.2, 0) is 22.6 Å². The first-order valence-corrected chi connectivity index (χ1v) is 10.3. The van der Waals surface area contributed by atoms with Crippen molar-refractivity contribution in [2.45, 2.75) is 38.4 Å². The van der Waals surface area contributed by atoms with Gasteiger partial charge in [0.15, 0.2) is 0 Å². The van der Waals surface area contributed by atoms with E-state index in [0.717, 1.165) is 52.2 Å². The maximum Gasteiger partial charge on any atom is 0.222 e. The molecule has 4 heterocycles. The molecule has 4 rings (SSSR count). The molecule has 0 aromatic carbocycles. The molecule has 1 amide bonds. The molecule has 140 valence electrons. The van der Waals surface area contributed by atoms with Crippen molar-refractivity contribution in [2.24, 2.45) is 5.92 Å². The Hall–Kier alpha value is -1.70. The Morgan fingerprint density at radius 3 is 3.04 bits per heavy atom. The number of nitrogens with one attached hydrogen (secondary N) is 1. The number of fused-ring (bicyclic) bond motifs is 1. The van der Waals surface area contributed by atoms with E-state index in [1.807, 2.05) is 10.9 Å². The van der Waals surface area contributed by atoms with Gasteiger partial charge < -0.3 is 10.1 Å². The minimum absolute atomic E-state index is 0.100. The van der Waals surface area contributed by atoms with Crippen molar-refractivity contribution in [1.29, 1.82) is 0 Å². The van der Waals surface area contributed by atoms with Crippen LogP contribution in [0, 0.1) is 5.92 Å². The third-order valence-corrected chi connectivity index (χ3v) is 6.12. The predicted molar refractivity (Wildman–Crippen MR) is 101 cm³/mol. The van der Waals surface area contributed by atoms with Gasteiger partial charge in [0.1, 0.15) is 0 Å². The third kappa shape index (κ3) is 4.34. The van der Waals surface area contributed by atoms with Crippen LogP contribution in [-0.4, -0.2) is 46.9 Å². The summed E-state index contributed by atoms with van der Waals surface area (Å²) in [5.41, 5.74) is 1.19. The molecule has 0 spiro atoms. The zero-order chi connectivity index (χ0) is 17.8. The van der Waals surface area contributed by atoms with E-state index in [9.17, 15) is 4.79 Å². The molecule has 0 unspecified atom stereocenters. The first-order valence-electron chi connectivity index (χ1n) is 9.39. The molecule has 1 fully saturated rings. The predicted octanol–water partition coefficient (Wildman–Crippen LogP) is 2.43. The number of carbonyl (C=O) groups is 1. The molecule has 0 saturated carbocycles. The second-order valence-electron chi connectivity index (χ2n) is 7.23. The fourth-order valence-corrected chi connectivity index (χ4v) is 4.60. The Bertz CT molecular complexity index is 709. The van der Waals surface area contributed by atoms with Crippen LogP contribution in [0.1, 0.15) is 35.9 Å². The van der Waals surface area contributed by atoms with E-state index in [2.05, 4.69) is 38.9 Å². The second kappa shape index (κ2) is 8.33. The van der Waals surface area contributed by atoms with E-state index in [1.165, 1.54) is 10.6 Å². The van der Waals surface area contributed by atoms with Gasteiger partial charge in [0.2, 0.25) is 5.91 Å². The van der Waals surface area contributed by atoms with Crippen molar-refractivity contribution in [1.82, 2.24) is 20.0 Å². The summed E-state index contributed by atoms with van der Waals surface area (Å²) in [6.45, 7) is 5.08. The lowest BCUT2D eigenvalue weighted by Gasteiger charge is -2.33. The highest BCUT2D eigenvalue weighted by molar-refractivity contribution is 7.09. The number of hydrogen-bond acceptors (Lipinski definition) is 5. The van der Waals surface area contributed by atoms with Crippen LogP contribution in [0.3, 0.4) is 0 Å². The van der Waals surface area contributed by atoms with E-state index in [4.69, 9.17) is 4.74 Å². The van der Waals surface area contributed by atoms with Gasteiger partial charge in [0.25, 0.3) is 0 Å². The average Bonchev–Trinajstić information content (AvgIpc) is 3.33. The first-order chi connectivity index (χ1) is 12.8. The number of aromatic nitrogens is 2. The zero-order valence-corrected chi connectivity index (χ0v) is 15.8. The molecule has 2 aromatic heterocycles. The minimum atomic E-state index is 0.100. The molecule has 0 radical (unpaired) electrons. The molecule has 7 heteroatoms. The third-order valence-electron chi connectivity index (χ3n) is 5.26. The fraction of sp³-hybridized carbons (Fsp3) is 0.579. The lowest BCUT2D eigenvalue weighted by molar-refractivity contribution is -0.122. The van der Waals surface area contributed by atoms with Crippen molar-refractivity contribution in [2.75, 3.05) is 26.3 Å². The average molecular weight is 375 g/mol. The first kappa shape index (κ1) is 17.7. The van der Waals surface area contributed by atoms with Gasteiger partial charge in [-0.05, 0) is 36.3 Å². The SMILES string of the molecule is O=C(C[C@@H]1CN(Cc2cccs2)Cc2ccnn21)NCC1CCOCC1. The molecule has 1 atom stereocenters. The second-order valence-corrected chi connectivity index (χ2v) is 8.27. The summed E-state index contributed by atoms with van der Waals surface area (Å²) in [6.07, 6.45) is 4.42. The van der Waals surface area contributed by atoms with Crippen LogP contribution in [0.2, 0.25) is 0 Å². The fourth-order valence-electron chi connectivity index (χ4n) is 3.85. The van der Waals surface area contributed by atoms with E-state index >= 15 is 0 Å². The van der Waals surface area contributed by atoms with Crippen molar-refractivity contribution in [3.8, 4) is 0 Å². The number of nitrogens with zero attached hydrogens (tertiary/aromatic N) is 3. The Kier molecular flexibility index (Phi) is 5.67. The summed E-state index contributed by atoms with van der Waals surface area (Å²) < 4.78 is 7.42. The van der Waals surface area contributed by atoms with E-state index in [-0.39, 0.29) is 11.9 Å². The maximum atomic E-state index is 12.5. The Morgan fingerprint density at radius 2 is 2.23 bits per heavy atom. The van der Waals surface area contributed by atoms with Gasteiger partial charge in [0.05, 0.1) is 18.2 Å². The summed E-state index contributed by atoms with van der Waals surface area (Å²) in [6, 6.07) is 6.43.